The van der Waals surface area contributed by atoms with E-state index in [0.717, 1.165) is 19.5 Å². The molecule has 0 radical (unpaired) electrons. The maximum atomic E-state index is 9.18. The fourth-order valence-corrected chi connectivity index (χ4v) is 2.62. The number of aliphatic hydroxyl groups excluding tert-OH is 1. The largest absolute Gasteiger partial charge is 0.395 e. The van der Waals surface area contributed by atoms with Gasteiger partial charge in [-0.3, -0.25) is 4.90 Å². The highest BCUT2D eigenvalue weighted by Crippen LogP contribution is 2.23. The monoisotopic (exact) mass is 199 g/mol. The number of rotatable bonds is 3. The molecule has 0 bridgehead atoms. The van der Waals surface area contributed by atoms with Gasteiger partial charge >= 0.3 is 0 Å². The molecule has 2 heterocycles. The molecule has 3 atom stereocenters. The summed E-state index contributed by atoms with van der Waals surface area (Å²) >= 11 is 0. The first-order chi connectivity index (χ1) is 6.79. The smallest absolute Gasteiger partial charge is 0.0706 e. The molecule has 0 aliphatic carbocycles. The first-order valence-corrected chi connectivity index (χ1v) is 5.80. The summed E-state index contributed by atoms with van der Waals surface area (Å²) < 4.78 is 5.79. The zero-order valence-electron chi connectivity index (χ0n) is 8.98. The van der Waals surface area contributed by atoms with Crippen LogP contribution in [0.3, 0.4) is 0 Å². The van der Waals surface area contributed by atoms with Gasteiger partial charge in [-0.2, -0.15) is 0 Å². The minimum Gasteiger partial charge on any atom is -0.395 e. The lowest BCUT2D eigenvalue weighted by Gasteiger charge is -2.25. The third-order valence-electron chi connectivity index (χ3n) is 3.47. The van der Waals surface area contributed by atoms with Crippen LogP contribution >= 0.6 is 0 Å². The van der Waals surface area contributed by atoms with Crippen LogP contribution in [0.2, 0.25) is 0 Å². The van der Waals surface area contributed by atoms with E-state index >= 15 is 0 Å². The zero-order chi connectivity index (χ0) is 9.97. The second kappa shape index (κ2) is 4.60. The lowest BCUT2D eigenvalue weighted by molar-refractivity contribution is 0.0231. The van der Waals surface area contributed by atoms with Crippen molar-refractivity contribution in [2.45, 2.75) is 50.9 Å². The number of likely N-dealkylation sites (tertiary alicyclic amines) is 1. The van der Waals surface area contributed by atoms with Gasteiger partial charge in [-0.1, -0.05) is 0 Å². The van der Waals surface area contributed by atoms with E-state index in [1.54, 1.807) is 0 Å². The highest BCUT2D eigenvalue weighted by atomic mass is 16.5. The SMILES string of the molecule is CC1CCC(CN2CCCC2CO)O1. The maximum absolute atomic E-state index is 9.18. The van der Waals surface area contributed by atoms with Gasteiger partial charge in [0.2, 0.25) is 0 Å². The van der Waals surface area contributed by atoms with E-state index in [1.165, 1.54) is 19.3 Å². The van der Waals surface area contributed by atoms with Crippen LogP contribution in [0, 0.1) is 0 Å². The Hall–Kier alpha value is -0.120. The summed E-state index contributed by atoms with van der Waals surface area (Å²) in [5.74, 6) is 0. The molecule has 0 spiro atoms. The summed E-state index contributed by atoms with van der Waals surface area (Å²) in [5, 5.41) is 9.18. The van der Waals surface area contributed by atoms with Gasteiger partial charge in [0.15, 0.2) is 0 Å². The number of hydrogen-bond acceptors (Lipinski definition) is 3. The molecule has 3 unspecified atom stereocenters. The summed E-state index contributed by atoms with van der Waals surface area (Å²) in [5.41, 5.74) is 0. The molecule has 2 aliphatic heterocycles. The molecule has 2 saturated heterocycles. The van der Waals surface area contributed by atoms with Crippen LogP contribution in [0.4, 0.5) is 0 Å². The molecule has 3 nitrogen and oxygen atoms in total. The van der Waals surface area contributed by atoms with Crippen LogP contribution in [0.25, 0.3) is 0 Å². The van der Waals surface area contributed by atoms with E-state index in [9.17, 15) is 5.11 Å². The molecule has 0 aromatic heterocycles. The summed E-state index contributed by atoms with van der Waals surface area (Å²) in [6, 6.07) is 0.398. The van der Waals surface area contributed by atoms with Crippen molar-refractivity contribution in [2.75, 3.05) is 19.7 Å². The minimum absolute atomic E-state index is 0.308. The Morgan fingerprint density at radius 3 is 2.86 bits per heavy atom. The summed E-state index contributed by atoms with van der Waals surface area (Å²) in [6.45, 7) is 4.62. The Kier molecular flexibility index (Phi) is 3.42. The Balaban J connectivity index is 1.79. The van der Waals surface area contributed by atoms with Crippen LogP contribution < -0.4 is 0 Å². The van der Waals surface area contributed by atoms with Crippen molar-refractivity contribution in [2.24, 2.45) is 0 Å². The van der Waals surface area contributed by atoms with Gasteiger partial charge in [0.25, 0.3) is 0 Å². The number of ether oxygens (including phenoxy) is 1. The zero-order valence-corrected chi connectivity index (χ0v) is 8.98. The molecule has 0 aromatic carbocycles. The first-order valence-electron chi connectivity index (χ1n) is 5.80. The van der Waals surface area contributed by atoms with Gasteiger partial charge in [0, 0.05) is 12.6 Å². The summed E-state index contributed by atoms with van der Waals surface area (Å²) in [7, 11) is 0. The van der Waals surface area contributed by atoms with E-state index in [1.807, 2.05) is 0 Å². The van der Waals surface area contributed by atoms with Crippen molar-refractivity contribution in [1.82, 2.24) is 4.90 Å². The summed E-state index contributed by atoms with van der Waals surface area (Å²) in [6.07, 6.45) is 5.62. The quantitative estimate of drug-likeness (QED) is 0.736. The van der Waals surface area contributed by atoms with Crippen molar-refractivity contribution >= 4 is 0 Å². The van der Waals surface area contributed by atoms with Crippen LogP contribution in [0.1, 0.15) is 32.6 Å². The predicted molar refractivity (Wildman–Crippen MR) is 55.2 cm³/mol. The van der Waals surface area contributed by atoms with Gasteiger partial charge in [0.05, 0.1) is 18.8 Å². The van der Waals surface area contributed by atoms with Crippen LogP contribution in [0.5, 0.6) is 0 Å². The number of aliphatic hydroxyl groups is 1. The Morgan fingerprint density at radius 1 is 1.36 bits per heavy atom. The van der Waals surface area contributed by atoms with Crippen molar-refractivity contribution in [1.29, 1.82) is 0 Å². The van der Waals surface area contributed by atoms with Crippen molar-refractivity contribution in [3.8, 4) is 0 Å². The van der Waals surface area contributed by atoms with Crippen LogP contribution in [-0.4, -0.2) is 48.0 Å². The third-order valence-corrected chi connectivity index (χ3v) is 3.47. The Morgan fingerprint density at radius 2 is 2.21 bits per heavy atom. The molecule has 0 amide bonds. The second-order valence-corrected chi connectivity index (χ2v) is 4.62. The van der Waals surface area contributed by atoms with Gasteiger partial charge < -0.3 is 9.84 Å². The van der Waals surface area contributed by atoms with Crippen molar-refractivity contribution in [3.05, 3.63) is 0 Å². The maximum Gasteiger partial charge on any atom is 0.0706 e. The van der Waals surface area contributed by atoms with Crippen molar-refractivity contribution in [3.63, 3.8) is 0 Å². The molecule has 82 valence electrons. The third kappa shape index (κ3) is 2.27. The molecule has 1 N–H and O–H groups in total. The van der Waals surface area contributed by atoms with Crippen LogP contribution in [0.15, 0.2) is 0 Å². The second-order valence-electron chi connectivity index (χ2n) is 4.62. The lowest BCUT2D eigenvalue weighted by atomic mass is 10.2. The van der Waals surface area contributed by atoms with Gasteiger partial charge in [0.1, 0.15) is 0 Å². The topological polar surface area (TPSA) is 32.7 Å². The van der Waals surface area contributed by atoms with Gasteiger partial charge in [-0.05, 0) is 39.2 Å². The van der Waals surface area contributed by atoms with Gasteiger partial charge in [-0.15, -0.1) is 0 Å². The molecule has 2 aliphatic rings. The fourth-order valence-electron chi connectivity index (χ4n) is 2.62. The molecule has 14 heavy (non-hydrogen) atoms. The fraction of sp³-hybridized carbons (Fsp3) is 1.00. The predicted octanol–water partition coefficient (Wildman–Crippen LogP) is 1.01. The number of hydrogen-bond donors (Lipinski definition) is 1. The van der Waals surface area contributed by atoms with E-state index in [4.69, 9.17) is 4.74 Å². The molecular formula is C11H21NO2. The van der Waals surface area contributed by atoms with E-state index in [0.29, 0.717) is 24.9 Å². The molecule has 0 aromatic rings. The Bertz CT molecular complexity index is 186. The standard InChI is InChI=1S/C11H21NO2/c1-9-4-5-11(14-9)7-12-6-2-3-10(12)8-13/h9-11,13H,2-8H2,1H3. The Labute approximate surface area is 86.0 Å². The molecule has 2 fully saturated rings. The number of nitrogens with zero attached hydrogens (tertiary/aromatic N) is 1. The highest BCUT2D eigenvalue weighted by Gasteiger charge is 2.29. The van der Waals surface area contributed by atoms with E-state index < -0.39 is 0 Å². The van der Waals surface area contributed by atoms with E-state index in [-0.39, 0.29) is 0 Å². The highest BCUT2D eigenvalue weighted by molar-refractivity contribution is 4.82. The molecular weight excluding hydrogens is 178 g/mol. The van der Waals surface area contributed by atoms with Crippen LogP contribution in [-0.2, 0) is 4.74 Å². The molecule has 2 rings (SSSR count). The average Bonchev–Trinajstić information content (AvgIpc) is 2.76. The van der Waals surface area contributed by atoms with Gasteiger partial charge in [-0.25, -0.2) is 0 Å². The molecule has 0 saturated carbocycles. The lowest BCUT2D eigenvalue weighted by Crippen LogP contribution is -2.38. The van der Waals surface area contributed by atoms with E-state index in [2.05, 4.69) is 11.8 Å². The first kappa shape index (κ1) is 10.4. The normalized spacial score (nSPS) is 39.4. The average molecular weight is 199 g/mol. The molecule has 3 heteroatoms. The van der Waals surface area contributed by atoms with Crippen molar-refractivity contribution < 1.29 is 9.84 Å². The summed E-state index contributed by atoms with van der Waals surface area (Å²) in [4.78, 5) is 2.39. The minimum atomic E-state index is 0.308.